The van der Waals surface area contributed by atoms with Gasteiger partial charge < -0.3 is 15.3 Å². The third-order valence-electron chi connectivity index (χ3n) is 3.97. The Morgan fingerprint density at radius 1 is 1.12 bits per heavy atom. The standard InChI is InChI=1S/C18H18N2O3.C2H6/c1-12(21)19-16-6-7-17-15(10-16)8-9-20(17)11-13-2-4-14(5-3-13)18(22)23;1-2/h2-7,10H,8-9,11H2,1H3,(H,19,21)(H,22,23);1-2H3. The third kappa shape index (κ3) is 4.59. The predicted molar refractivity (Wildman–Crippen MR) is 100 cm³/mol. The quantitative estimate of drug-likeness (QED) is 0.885. The molecule has 0 saturated carbocycles. The maximum absolute atomic E-state index is 11.1. The minimum absolute atomic E-state index is 0.0710. The Morgan fingerprint density at radius 3 is 2.40 bits per heavy atom. The predicted octanol–water partition coefficient (Wildman–Crippen LogP) is 3.93. The van der Waals surface area contributed by atoms with Crippen molar-refractivity contribution in [3.63, 3.8) is 0 Å². The Hall–Kier alpha value is -2.82. The molecule has 0 atom stereocenters. The molecule has 2 N–H and O–H groups in total. The number of hydrogen-bond acceptors (Lipinski definition) is 3. The van der Waals surface area contributed by atoms with E-state index < -0.39 is 5.97 Å². The van der Waals surface area contributed by atoms with Gasteiger partial charge >= 0.3 is 5.97 Å². The first-order valence-electron chi connectivity index (χ1n) is 8.50. The van der Waals surface area contributed by atoms with Crippen LogP contribution >= 0.6 is 0 Å². The van der Waals surface area contributed by atoms with E-state index in [0.717, 1.165) is 30.8 Å². The summed E-state index contributed by atoms with van der Waals surface area (Å²) in [5.74, 6) is -0.980. The molecular weight excluding hydrogens is 316 g/mol. The Balaban J connectivity index is 0.00000109. The number of amides is 1. The average Bonchev–Trinajstić information content (AvgIpc) is 2.99. The van der Waals surface area contributed by atoms with E-state index in [1.54, 1.807) is 12.1 Å². The second-order valence-electron chi connectivity index (χ2n) is 5.70. The largest absolute Gasteiger partial charge is 0.478 e. The lowest BCUT2D eigenvalue weighted by atomic mass is 10.1. The summed E-state index contributed by atoms with van der Waals surface area (Å²) < 4.78 is 0. The number of anilines is 2. The van der Waals surface area contributed by atoms with Crippen molar-refractivity contribution in [1.29, 1.82) is 0 Å². The molecule has 1 aliphatic rings. The zero-order chi connectivity index (χ0) is 18.4. The van der Waals surface area contributed by atoms with Gasteiger partial charge in [-0.25, -0.2) is 4.79 Å². The molecule has 0 fully saturated rings. The molecule has 1 amide bonds. The monoisotopic (exact) mass is 340 g/mol. The SMILES string of the molecule is CC.CC(=O)Nc1ccc2c(c1)CCN2Cc1ccc(C(=O)O)cc1. The van der Waals surface area contributed by atoms with E-state index in [2.05, 4.69) is 10.2 Å². The lowest BCUT2D eigenvalue weighted by molar-refractivity contribution is -0.114. The highest BCUT2D eigenvalue weighted by Crippen LogP contribution is 2.31. The van der Waals surface area contributed by atoms with Gasteiger partial charge in [0.05, 0.1) is 5.56 Å². The molecule has 2 aromatic carbocycles. The number of rotatable bonds is 4. The second-order valence-corrected chi connectivity index (χ2v) is 5.70. The van der Waals surface area contributed by atoms with Crippen LogP contribution in [0.3, 0.4) is 0 Å². The molecule has 0 spiro atoms. The first-order valence-corrected chi connectivity index (χ1v) is 8.50. The van der Waals surface area contributed by atoms with Gasteiger partial charge in [-0.15, -0.1) is 0 Å². The highest BCUT2D eigenvalue weighted by Gasteiger charge is 2.19. The van der Waals surface area contributed by atoms with Gasteiger partial charge in [0.1, 0.15) is 0 Å². The van der Waals surface area contributed by atoms with Crippen LogP contribution < -0.4 is 10.2 Å². The van der Waals surface area contributed by atoms with Gasteiger partial charge in [-0.2, -0.15) is 0 Å². The number of carboxylic acids is 1. The molecule has 5 heteroatoms. The number of benzene rings is 2. The highest BCUT2D eigenvalue weighted by atomic mass is 16.4. The molecule has 0 saturated heterocycles. The number of carbonyl (C=O) groups is 2. The van der Waals surface area contributed by atoms with Gasteiger partial charge in [0.25, 0.3) is 0 Å². The number of nitrogens with zero attached hydrogens (tertiary/aromatic N) is 1. The van der Waals surface area contributed by atoms with Crippen LogP contribution in [0.1, 0.15) is 42.3 Å². The molecule has 0 aliphatic carbocycles. The fraction of sp³-hybridized carbons (Fsp3) is 0.300. The van der Waals surface area contributed by atoms with Gasteiger partial charge in [0, 0.05) is 31.4 Å². The van der Waals surface area contributed by atoms with Crippen LogP contribution in [-0.2, 0) is 17.8 Å². The van der Waals surface area contributed by atoms with Crippen molar-refractivity contribution in [2.45, 2.75) is 33.7 Å². The molecule has 0 bridgehead atoms. The van der Waals surface area contributed by atoms with Crippen molar-refractivity contribution in [3.05, 3.63) is 59.2 Å². The Bertz CT molecular complexity index is 754. The molecule has 0 aromatic heterocycles. The summed E-state index contributed by atoms with van der Waals surface area (Å²) in [5.41, 5.74) is 4.59. The highest BCUT2D eigenvalue weighted by molar-refractivity contribution is 5.89. The number of hydrogen-bond donors (Lipinski definition) is 2. The number of aromatic carboxylic acids is 1. The summed E-state index contributed by atoms with van der Waals surface area (Å²) >= 11 is 0. The lowest BCUT2D eigenvalue weighted by Crippen LogP contribution is -2.19. The Morgan fingerprint density at radius 2 is 1.80 bits per heavy atom. The lowest BCUT2D eigenvalue weighted by Gasteiger charge is -2.20. The number of nitrogens with one attached hydrogen (secondary N) is 1. The van der Waals surface area contributed by atoms with E-state index in [0.29, 0.717) is 5.56 Å². The van der Waals surface area contributed by atoms with E-state index >= 15 is 0 Å². The third-order valence-corrected chi connectivity index (χ3v) is 3.97. The molecule has 2 aromatic rings. The Kier molecular flexibility index (Phi) is 6.17. The van der Waals surface area contributed by atoms with Crippen LogP contribution in [0.2, 0.25) is 0 Å². The molecule has 1 heterocycles. The number of fused-ring (bicyclic) bond motifs is 1. The van der Waals surface area contributed by atoms with E-state index in [1.165, 1.54) is 18.2 Å². The van der Waals surface area contributed by atoms with Gasteiger partial charge in [0.2, 0.25) is 5.91 Å². The first kappa shape index (κ1) is 18.5. The van der Waals surface area contributed by atoms with E-state index in [-0.39, 0.29) is 5.91 Å². The van der Waals surface area contributed by atoms with Crippen molar-refractivity contribution < 1.29 is 14.7 Å². The molecule has 0 radical (unpaired) electrons. The van der Waals surface area contributed by atoms with Crippen LogP contribution in [0.25, 0.3) is 0 Å². The number of carboxylic acid groups (broad SMARTS) is 1. The van der Waals surface area contributed by atoms with Gasteiger partial charge in [-0.3, -0.25) is 4.79 Å². The second kappa shape index (κ2) is 8.33. The smallest absolute Gasteiger partial charge is 0.335 e. The van der Waals surface area contributed by atoms with Crippen molar-refractivity contribution in [3.8, 4) is 0 Å². The normalized spacial score (nSPS) is 12.0. The fourth-order valence-corrected chi connectivity index (χ4v) is 2.89. The zero-order valence-corrected chi connectivity index (χ0v) is 14.9. The van der Waals surface area contributed by atoms with Crippen LogP contribution in [-0.4, -0.2) is 23.5 Å². The van der Waals surface area contributed by atoms with Crippen LogP contribution in [0, 0.1) is 0 Å². The van der Waals surface area contributed by atoms with Crippen molar-refractivity contribution >= 4 is 23.3 Å². The van der Waals surface area contributed by atoms with Crippen LogP contribution in [0.5, 0.6) is 0 Å². The minimum Gasteiger partial charge on any atom is -0.478 e. The van der Waals surface area contributed by atoms with Crippen LogP contribution in [0.4, 0.5) is 11.4 Å². The summed E-state index contributed by atoms with van der Waals surface area (Å²) in [6, 6.07) is 12.9. The van der Waals surface area contributed by atoms with Crippen molar-refractivity contribution in [2.75, 3.05) is 16.8 Å². The van der Waals surface area contributed by atoms with E-state index in [1.807, 2.05) is 44.2 Å². The molecule has 5 nitrogen and oxygen atoms in total. The zero-order valence-electron chi connectivity index (χ0n) is 14.9. The molecule has 25 heavy (non-hydrogen) atoms. The van der Waals surface area contributed by atoms with Gasteiger partial charge in [-0.1, -0.05) is 26.0 Å². The minimum atomic E-state index is -0.909. The topological polar surface area (TPSA) is 69.6 Å². The maximum atomic E-state index is 11.1. The molecular formula is C20H24N2O3. The summed E-state index contributed by atoms with van der Waals surface area (Å²) in [6.07, 6.45) is 0.940. The average molecular weight is 340 g/mol. The van der Waals surface area contributed by atoms with Gasteiger partial charge in [-0.05, 0) is 47.9 Å². The molecule has 0 unspecified atom stereocenters. The summed E-state index contributed by atoms with van der Waals surface area (Å²) in [7, 11) is 0. The molecule has 132 valence electrons. The summed E-state index contributed by atoms with van der Waals surface area (Å²) in [5, 5.41) is 11.7. The van der Waals surface area contributed by atoms with Crippen LogP contribution in [0.15, 0.2) is 42.5 Å². The molecule has 1 aliphatic heterocycles. The number of carbonyl (C=O) groups excluding carboxylic acids is 1. The van der Waals surface area contributed by atoms with Crippen molar-refractivity contribution in [2.24, 2.45) is 0 Å². The molecule has 3 rings (SSSR count). The van der Waals surface area contributed by atoms with Crippen molar-refractivity contribution in [1.82, 2.24) is 0 Å². The summed E-state index contributed by atoms with van der Waals surface area (Å²) in [6.45, 7) is 7.16. The Labute approximate surface area is 148 Å². The summed E-state index contributed by atoms with van der Waals surface area (Å²) in [4.78, 5) is 24.3. The fourth-order valence-electron chi connectivity index (χ4n) is 2.89. The van der Waals surface area contributed by atoms with E-state index in [9.17, 15) is 9.59 Å². The maximum Gasteiger partial charge on any atom is 0.335 e. The first-order chi connectivity index (χ1) is 12.0. The van der Waals surface area contributed by atoms with E-state index in [4.69, 9.17) is 5.11 Å². The van der Waals surface area contributed by atoms with Gasteiger partial charge in [0.15, 0.2) is 0 Å².